The third-order valence-corrected chi connectivity index (χ3v) is 5.37. The lowest BCUT2D eigenvalue weighted by Gasteiger charge is -2.26. The Bertz CT molecular complexity index is 651. The molecule has 3 rings (SSSR count). The van der Waals surface area contributed by atoms with Crippen molar-refractivity contribution in [3.63, 3.8) is 0 Å². The molecule has 0 unspecified atom stereocenters. The normalized spacial score (nSPS) is 16.0. The molecule has 24 heavy (non-hydrogen) atoms. The Labute approximate surface area is 147 Å². The Hall–Kier alpha value is -1.85. The molecule has 5 heteroatoms. The van der Waals surface area contributed by atoms with Gasteiger partial charge in [0.25, 0.3) is 5.91 Å². The van der Waals surface area contributed by atoms with Crippen molar-refractivity contribution in [3.05, 3.63) is 52.2 Å². The fourth-order valence-corrected chi connectivity index (χ4v) is 3.93. The van der Waals surface area contributed by atoms with Crippen LogP contribution in [0.5, 0.6) is 5.75 Å². The molecule has 1 fully saturated rings. The summed E-state index contributed by atoms with van der Waals surface area (Å²) in [6.07, 6.45) is 2.48. The number of hydrogen-bond acceptors (Lipinski definition) is 4. The van der Waals surface area contributed by atoms with Gasteiger partial charge in [0.2, 0.25) is 0 Å². The second kappa shape index (κ2) is 8.31. The highest BCUT2D eigenvalue weighted by molar-refractivity contribution is 7.10. The van der Waals surface area contributed by atoms with Crippen LogP contribution in [0.2, 0.25) is 0 Å². The Balaban J connectivity index is 1.52. The Morgan fingerprint density at radius 2 is 2.04 bits per heavy atom. The van der Waals surface area contributed by atoms with Gasteiger partial charge in [-0.1, -0.05) is 24.3 Å². The van der Waals surface area contributed by atoms with Crippen LogP contribution in [0.1, 0.15) is 29.3 Å². The zero-order valence-corrected chi connectivity index (χ0v) is 14.8. The van der Waals surface area contributed by atoms with Crippen molar-refractivity contribution in [3.8, 4) is 5.75 Å². The molecule has 1 amide bonds. The van der Waals surface area contributed by atoms with Crippen LogP contribution in [-0.4, -0.2) is 37.0 Å². The molecule has 2 heterocycles. The van der Waals surface area contributed by atoms with Crippen LogP contribution in [0.15, 0.2) is 41.8 Å². The van der Waals surface area contributed by atoms with E-state index in [2.05, 4.69) is 27.7 Å². The predicted molar refractivity (Wildman–Crippen MR) is 97.6 cm³/mol. The number of thiophene rings is 1. The quantitative estimate of drug-likeness (QED) is 0.837. The van der Waals surface area contributed by atoms with E-state index in [0.29, 0.717) is 6.54 Å². The number of rotatable bonds is 7. The Kier molecular flexibility index (Phi) is 5.88. The number of para-hydroxylation sites is 1. The molecule has 0 aliphatic carbocycles. The molecular weight excluding hydrogens is 320 g/mol. The molecule has 0 radical (unpaired) electrons. The van der Waals surface area contributed by atoms with Crippen molar-refractivity contribution in [2.75, 3.05) is 26.2 Å². The van der Waals surface area contributed by atoms with E-state index in [0.717, 1.165) is 24.4 Å². The van der Waals surface area contributed by atoms with Crippen LogP contribution >= 0.6 is 11.3 Å². The summed E-state index contributed by atoms with van der Waals surface area (Å²) in [5.74, 6) is 0.695. The smallest absolute Gasteiger partial charge is 0.258 e. The molecule has 0 spiro atoms. The van der Waals surface area contributed by atoms with Crippen molar-refractivity contribution in [2.45, 2.75) is 25.8 Å². The molecule has 0 bridgehead atoms. The van der Waals surface area contributed by atoms with Gasteiger partial charge in [0.15, 0.2) is 6.61 Å². The topological polar surface area (TPSA) is 41.6 Å². The second-order valence-electron chi connectivity index (χ2n) is 6.13. The van der Waals surface area contributed by atoms with Crippen LogP contribution in [0, 0.1) is 6.92 Å². The molecule has 128 valence electrons. The maximum absolute atomic E-state index is 12.2. The fourth-order valence-electron chi connectivity index (χ4n) is 3.07. The molecule has 1 saturated heterocycles. The number of hydrogen-bond donors (Lipinski definition) is 1. The molecule has 1 N–H and O–H groups in total. The van der Waals surface area contributed by atoms with Gasteiger partial charge in [0, 0.05) is 11.4 Å². The van der Waals surface area contributed by atoms with Crippen molar-refractivity contribution in [2.24, 2.45) is 0 Å². The minimum atomic E-state index is -0.0704. The fraction of sp³-hybridized carbons (Fsp3) is 0.421. The van der Waals surface area contributed by atoms with Gasteiger partial charge in [0.1, 0.15) is 5.75 Å². The van der Waals surface area contributed by atoms with E-state index >= 15 is 0 Å². The van der Waals surface area contributed by atoms with Crippen LogP contribution < -0.4 is 10.1 Å². The van der Waals surface area contributed by atoms with E-state index < -0.39 is 0 Å². The van der Waals surface area contributed by atoms with Crippen molar-refractivity contribution < 1.29 is 9.53 Å². The van der Waals surface area contributed by atoms with Gasteiger partial charge in [-0.2, -0.15) is 0 Å². The average molecular weight is 344 g/mol. The lowest BCUT2D eigenvalue weighted by Crippen LogP contribution is -2.38. The molecule has 2 aromatic rings. The molecule has 1 aliphatic heterocycles. The number of carbonyl (C=O) groups excluding carboxylic acids is 1. The maximum Gasteiger partial charge on any atom is 0.258 e. The number of likely N-dealkylation sites (tertiary alicyclic amines) is 1. The maximum atomic E-state index is 12.2. The summed E-state index contributed by atoms with van der Waals surface area (Å²) in [5.41, 5.74) is 1.04. The number of benzene rings is 1. The first-order valence-electron chi connectivity index (χ1n) is 8.46. The van der Waals surface area contributed by atoms with Gasteiger partial charge in [-0.25, -0.2) is 0 Å². The molecule has 1 aromatic heterocycles. The zero-order chi connectivity index (χ0) is 16.8. The number of aryl methyl sites for hydroxylation is 1. The summed E-state index contributed by atoms with van der Waals surface area (Å²) in [6.45, 7) is 4.89. The Morgan fingerprint density at radius 1 is 1.25 bits per heavy atom. The SMILES string of the molecule is Cc1ccccc1OCC(=O)NC[C@H](c1cccs1)N1CCCC1. The molecule has 1 atom stereocenters. The average Bonchev–Trinajstić information content (AvgIpc) is 3.28. The first-order valence-corrected chi connectivity index (χ1v) is 9.34. The molecule has 1 aliphatic rings. The number of nitrogens with zero attached hydrogens (tertiary/aromatic N) is 1. The summed E-state index contributed by atoms with van der Waals surface area (Å²) in [5, 5.41) is 5.14. The number of amides is 1. The van der Waals surface area contributed by atoms with Gasteiger partial charge in [-0.3, -0.25) is 9.69 Å². The minimum Gasteiger partial charge on any atom is -0.484 e. The number of ether oxygens (including phenoxy) is 1. The minimum absolute atomic E-state index is 0.0576. The molecule has 0 saturated carbocycles. The number of carbonyl (C=O) groups is 1. The highest BCUT2D eigenvalue weighted by Crippen LogP contribution is 2.27. The van der Waals surface area contributed by atoms with Gasteiger partial charge < -0.3 is 10.1 Å². The molecule has 4 nitrogen and oxygen atoms in total. The summed E-state index contributed by atoms with van der Waals surface area (Å²) in [7, 11) is 0. The monoisotopic (exact) mass is 344 g/mol. The summed E-state index contributed by atoms with van der Waals surface area (Å²) >= 11 is 1.76. The lowest BCUT2D eigenvalue weighted by atomic mass is 10.2. The predicted octanol–water partition coefficient (Wildman–Crippen LogP) is 3.39. The molecular formula is C19H24N2O2S. The first kappa shape index (κ1) is 17.0. The summed E-state index contributed by atoms with van der Waals surface area (Å²) in [4.78, 5) is 15.9. The summed E-state index contributed by atoms with van der Waals surface area (Å²) < 4.78 is 5.62. The van der Waals surface area contributed by atoms with Crippen LogP contribution in [0.25, 0.3) is 0 Å². The first-order chi connectivity index (χ1) is 11.7. The zero-order valence-electron chi connectivity index (χ0n) is 14.0. The number of nitrogens with one attached hydrogen (secondary N) is 1. The van der Waals surface area contributed by atoms with Gasteiger partial charge in [0.05, 0.1) is 6.04 Å². The van der Waals surface area contributed by atoms with Crippen molar-refractivity contribution in [1.29, 1.82) is 0 Å². The Morgan fingerprint density at radius 3 is 2.75 bits per heavy atom. The van der Waals surface area contributed by atoms with E-state index in [9.17, 15) is 4.79 Å². The molecule has 1 aromatic carbocycles. The third-order valence-electron chi connectivity index (χ3n) is 4.40. The van der Waals surface area contributed by atoms with Gasteiger partial charge in [-0.05, 0) is 55.9 Å². The van der Waals surface area contributed by atoms with Gasteiger partial charge >= 0.3 is 0 Å². The highest BCUT2D eigenvalue weighted by atomic mass is 32.1. The summed E-state index contributed by atoms with van der Waals surface area (Å²) in [6, 6.07) is 12.3. The highest BCUT2D eigenvalue weighted by Gasteiger charge is 2.24. The van der Waals surface area contributed by atoms with Crippen LogP contribution in [0.3, 0.4) is 0 Å². The largest absolute Gasteiger partial charge is 0.484 e. The second-order valence-corrected chi connectivity index (χ2v) is 7.11. The van der Waals surface area contributed by atoms with E-state index in [4.69, 9.17) is 4.74 Å². The van der Waals surface area contributed by atoms with Crippen LogP contribution in [-0.2, 0) is 4.79 Å². The standard InChI is InChI=1S/C19H24N2O2S/c1-15-7-2-3-8-17(15)23-14-19(22)20-13-16(18-9-6-12-24-18)21-10-4-5-11-21/h2-3,6-9,12,16H,4-5,10-11,13-14H2,1H3,(H,20,22)/t16-/m1/s1. The van der Waals surface area contributed by atoms with Crippen molar-refractivity contribution >= 4 is 17.2 Å². The van der Waals surface area contributed by atoms with E-state index in [-0.39, 0.29) is 18.6 Å². The van der Waals surface area contributed by atoms with E-state index in [1.54, 1.807) is 11.3 Å². The van der Waals surface area contributed by atoms with E-state index in [1.807, 2.05) is 31.2 Å². The van der Waals surface area contributed by atoms with Crippen LogP contribution in [0.4, 0.5) is 0 Å². The van der Waals surface area contributed by atoms with Crippen molar-refractivity contribution in [1.82, 2.24) is 10.2 Å². The third kappa shape index (κ3) is 4.36. The lowest BCUT2D eigenvalue weighted by molar-refractivity contribution is -0.123. The van der Waals surface area contributed by atoms with E-state index in [1.165, 1.54) is 17.7 Å². The van der Waals surface area contributed by atoms with Gasteiger partial charge in [-0.15, -0.1) is 11.3 Å².